The highest BCUT2D eigenvalue weighted by Gasteiger charge is 2.32. The summed E-state index contributed by atoms with van der Waals surface area (Å²) < 4.78 is 5.88. The van der Waals surface area contributed by atoms with E-state index in [1.54, 1.807) is 10.3 Å². The van der Waals surface area contributed by atoms with Crippen LogP contribution in [0.4, 0.5) is 0 Å². The molecule has 23 heavy (non-hydrogen) atoms. The number of nitrogens with two attached hydrogens (primary N) is 1. The van der Waals surface area contributed by atoms with Crippen LogP contribution in [0.3, 0.4) is 0 Å². The fourth-order valence-electron chi connectivity index (χ4n) is 2.61. The summed E-state index contributed by atoms with van der Waals surface area (Å²) in [4.78, 5) is 18.8. The Balaban J connectivity index is 1.81. The number of amides is 1. The first kappa shape index (κ1) is 16.4. The van der Waals surface area contributed by atoms with E-state index in [0.29, 0.717) is 30.4 Å². The van der Waals surface area contributed by atoms with E-state index < -0.39 is 0 Å². The van der Waals surface area contributed by atoms with Gasteiger partial charge in [0.1, 0.15) is 16.8 Å². The minimum Gasteiger partial charge on any atom is -0.369 e. The van der Waals surface area contributed by atoms with E-state index in [2.05, 4.69) is 4.98 Å². The van der Waals surface area contributed by atoms with Gasteiger partial charge in [-0.25, -0.2) is 4.98 Å². The zero-order chi connectivity index (χ0) is 16.4. The van der Waals surface area contributed by atoms with E-state index >= 15 is 0 Å². The Bertz CT molecular complexity index is 706. The highest BCUT2D eigenvalue weighted by molar-refractivity contribution is 7.09. The number of morpholine rings is 1. The van der Waals surface area contributed by atoms with Crippen molar-refractivity contribution in [2.75, 3.05) is 13.2 Å². The molecule has 1 aromatic heterocycles. The van der Waals surface area contributed by atoms with Crippen LogP contribution >= 0.6 is 22.9 Å². The Morgan fingerprint density at radius 1 is 1.52 bits per heavy atom. The normalized spacial score (nSPS) is 21.4. The number of carbonyl (C=O) groups is 1. The van der Waals surface area contributed by atoms with Gasteiger partial charge in [-0.15, -0.1) is 11.3 Å². The molecule has 0 bridgehead atoms. The number of thiazole rings is 1. The molecule has 7 heteroatoms. The zero-order valence-corrected chi connectivity index (χ0v) is 14.3. The van der Waals surface area contributed by atoms with Crippen molar-refractivity contribution in [2.24, 2.45) is 5.73 Å². The Hall–Kier alpha value is -1.47. The van der Waals surface area contributed by atoms with Crippen LogP contribution in [0.25, 0.3) is 0 Å². The van der Waals surface area contributed by atoms with Gasteiger partial charge >= 0.3 is 0 Å². The third-order valence-corrected chi connectivity index (χ3v) is 5.11. The van der Waals surface area contributed by atoms with Gasteiger partial charge in [-0.1, -0.05) is 29.8 Å². The van der Waals surface area contributed by atoms with Gasteiger partial charge in [0.25, 0.3) is 5.91 Å². The van der Waals surface area contributed by atoms with Gasteiger partial charge < -0.3 is 15.4 Å². The van der Waals surface area contributed by atoms with E-state index in [0.717, 1.165) is 10.6 Å². The molecule has 1 amide bonds. The predicted octanol–water partition coefficient (Wildman–Crippen LogP) is 2.86. The molecular formula is C16H18ClN3O2S. The van der Waals surface area contributed by atoms with Gasteiger partial charge in [0.2, 0.25) is 0 Å². The molecule has 1 aliphatic rings. The third kappa shape index (κ3) is 3.40. The molecule has 2 heterocycles. The maximum Gasteiger partial charge on any atom is 0.273 e. The van der Waals surface area contributed by atoms with Gasteiger partial charge in [-0.05, 0) is 13.0 Å². The number of hydrogen-bond donors (Lipinski definition) is 1. The lowest BCUT2D eigenvalue weighted by Gasteiger charge is -2.38. The second kappa shape index (κ2) is 6.97. The number of benzene rings is 1. The molecular weight excluding hydrogens is 334 g/mol. The average Bonchev–Trinajstić information content (AvgIpc) is 3.04. The number of halogens is 1. The minimum atomic E-state index is -0.225. The molecule has 1 saturated heterocycles. The summed E-state index contributed by atoms with van der Waals surface area (Å²) in [6, 6.07) is 7.55. The zero-order valence-electron chi connectivity index (χ0n) is 12.7. The Kier molecular flexibility index (Phi) is 4.96. The highest BCUT2D eigenvalue weighted by Crippen LogP contribution is 2.30. The van der Waals surface area contributed by atoms with Gasteiger partial charge in [0.05, 0.1) is 19.2 Å². The van der Waals surface area contributed by atoms with Crippen LogP contribution in [-0.2, 0) is 11.3 Å². The number of rotatable bonds is 3. The van der Waals surface area contributed by atoms with Crippen molar-refractivity contribution >= 4 is 28.8 Å². The number of ether oxygens (including phenoxy) is 1. The molecule has 2 N–H and O–H groups in total. The molecule has 1 aromatic carbocycles. The molecule has 3 rings (SSSR count). The van der Waals surface area contributed by atoms with Gasteiger partial charge in [-0.3, -0.25) is 4.79 Å². The molecule has 5 nitrogen and oxygen atoms in total. The number of hydrogen-bond acceptors (Lipinski definition) is 5. The van der Waals surface area contributed by atoms with Gasteiger partial charge in [0, 0.05) is 22.5 Å². The maximum absolute atomic E-state index is 12.7. The van der Waals surface area contributed by atoms with Gasteiger partial charge in [0.15, 0.2) is 0 Å². The number of nitrogens with zero attached hydrogens (tertiary/aromatic N) is 2. The van der Waals surface area contributed by atoms with Crippen LogP contribution in [0.1, 0.15) is 34.1 Å². The molecule has 122 valence electrons. The molecule has 1 fully saturated rings. The molecule has 0 spiro atoms. The molecule has 0 saturated carbocycles. The lowest BCUT2D eigenvalue weighted by Crippen LogP contribution is -2.48. The van der Waals surface area contributed by atoms with Crippen LogP contribution in [0, 0.1) is 0 Å². The molecule has 0 radical (unpaired) electrons. The first-order valence-electron chi connectivity index (χ1n) is 7.41. The van der Waals surface area contributed by atoms with Crippen molar-refractivity contribution in [2.45, 2.75) is 25.6 Å². The molecule has 2 atom stereocenters. The van der Waals surface area contributed by atoms with Crippen LogP contribution in [0.2, 0.25) is 5.02 Å². The minimum absolute atomic E-state index is 0.00994. The average molecular weight is 352 g/mol. The van der Waals surface area contributed by atoms with E-state index in [-0.39, 0.29) is 18.1 Å². The summed E-state index contributed by atoms with van der Waals surface area (Å²) in [7, 11) is 0. The molecule has 1 aliphatic heterocycles. The predicted molar refractivity (Wildman–Crippen MR) is 90.6 cm³/mol. The standard InChI is InChI=1S/C16H18ClN3O2S/c1-10-8-22-14(11-4-2-3-5-12(11)17)7-20(10)16(21)13-9-23-15(6-18)19-13/h2-5,9-10,14H,6-8,18H2,1H3/t10-,14-/m1/s1. The summed E-state index contributed by atoms with van der Waals surface area (Å²) in [6.07, 6.45) is -0.225. The van der Waals surface area contributed by atoms with Crippen molar-refractivity contribution in [3.63, 3.8) is 0 Å². The van der Waals surface area contributed by atoms with Crippen LogP contribution in [0.15, 0.2) is 29.6 Å². The number of aromatic nitrogens is 1. The fourth-order valence-corrected chi connectivity index (χ4v) is 3.52. The second-order valence-electron chi connectivity index (χ2n) is 5.48. The fraction of sp³-hybridized carbons (Fsp3) is 0.375. The van der Waals surface area contributed by atoms with Crippen LogP contribution in [-0.4, -0.2) is 35.0 Å². The molecule has 2 aromatic rings. The van der Waals surface area contributed by atoms with Gasteiger partial charge in [-0.2, -0.15) is 0 Å². The third-order valence-electron chi connectivity index (χ3n) is 3.89. The summed E-state index contributed by atoms with van der Waals surface area (Å²) in [5, 5.41) is 3.17. The largest absolute Gasteiger partial charge is 0.369 e. The van der Waals surface area contributed by atoms with Crippen molar-refractivity contribution in [1.29, 1.82) is 0 Å². The number of carbonyl (C=O) groups excluding carboxylic acids is 1. The lowest BCUT2D eigenvalue weighted by molar-refractivity contribution is -0.0487. The second-order valence-corrected chi connectivity index (χ2v) is 6.83. The van der Waals surface area contributed by atoms with E-state index in [1.807, 2.05) is 31.2 Å². The lowest BCUT2D eigenvalue weighted by atomic mass is 10.1. The summed E-state index contributed by atoms with van der Waals surface area (Å²) in [6.45, 7) is 3.24. The van der Waals surface area contributed by atoms with E-state index in [9.17, 15) is 4.79 Å². The first-order valence-corrected chi connectivity index (χ1v) is 8.67. The quantitative estimate of drug-likeness (QED) is 0.923. The summed E-state index contributed by atoms with van der Waals surface area (Å²) >= 11 is 7.66. The van der Waals surface area contributed by atoms with Crippen molar-refractivity contribution in [3.05, 3.63) is 50.9 Å². The highest BCUT2D eigenvalue weighted by atomic mass is 35.5. The van der Waals surface area contributed by atoms with E-state index in [4.69, 9.17) is 22.1 Å². The Morgan fingerprint density at radius 3 is 3.00 bits per heavy atom. The topological polar surface area (TPSA) is 68.5 Å². The van der Waals surface area contributed by atoms with E-state index in [1.165, 1.54) is 11.3 Å². The van der Waals surface area contributed by atoms with Crippen LogP contribution in [0.5, 0.6) is 0 Å². The molecule has 0 unspecified atom stereocenters. The van der Waals surface area contributed by atoms with Crippen molar-refractivity contribution < 1.29 is 9.53 Å². The monoisotopic (exact) mass is 351 g/mol. The summed E-state index contributed by atoms with van der Waals surface area (Å²) in [5.74, 6) is -0.0891. The Morgan fingerprint density at radius 2 is 2.30 bits per heavy atom. The maximum atomic E-state index is 12.7. The summed E-state index contributed by atoms with van der Waals surface area (Å²) in [5.41, 5.74) is 6.92. The Labute approximate surface area is 144 Å². The first-order chi connectivity index (χ1) is 11.1. The smallest absolute Gasteiger partial charge is 0.273 e. The molecule has 0 aliphatic carbocycles. The van der Waals surface area contributed by atoms with Crippen molar-refractivity contribution in [1.82, 2.24) is 9.88 Å². The van der Waals surface area contributed by atoms with Crippen LogP contribution < -0.4 is 5.73 Å². The van der Waals surface area contributed by atoms with Crippen molar-refractivity contribution in [3.8, 4) is 0 Å². The SMILES string of the molecule is C[C@@H]1CO[C@@H](c2ccccc2Cl)CN1C(=O)c1csc(CN)n1.